The van der Waals surface area contributed by atoms with Crippen LogP contribution in [0, 0.1) is 45.3 Å². The van der Waals surface area contributed by atoms with Crippen LogP contribution < -0.4 is 0 Å². The fraction of sp³-hybridized carbons (Fsp3) is 1.00. The monoisotopic (exact) mass is 426 g/mol. The summed E-state index contributed by atoms with van der Waals surface area (Å²) in [4.78, 5) is 0. The molecule has 0 saturated heterocycles. The molecule has 0 radical (unpaired) electrons. The van der Waals surface area contributed by atoms with Gasteiger partial charge in [0.15, 0.2) is 0 Å². The molecule has 1 nitrogen and oxygen atoms in total. The normalized spacial score (nSPS) is 50.5. The standard InChI is InChI=1S/C30H50O/c1-25(2)21-11-17-27(25,5)23(19-21)29(13-7-8-14-29)31-30(15-9-10-16-30)24-20-22-12-18-28(24,6)26(22,3)4/h21-24H,7-20H2,1-6H3. The van der Waals surface area contributed by atoms with E-state index < -0.39 is 0 Å². The Bertz CT molecular complexity index is 674. The van der Waals surface area contributed by atoms with Gasteiger partial charge in [-0.1, -0.05) is 67.2 Å². The molecule has 31 heavy (non-hydrogen) atoms. The lowest BCUT2D eigenvalue weighted by Crippen LogP contribution is -2.56. The van der Waals surface area contributed by atoms with Crippen molar-refractivity contribution in [2.75, 3.05) is 0 Å². The Morgan fingerprint density at radius 1 is 0.516 bits per heavy atom. The van der Waals surface area contributed by atoms with Crippen LogP contribution in [-0.4, -0.2) is 11.2 Å². The SMILES string of the molecule is CC1(C)C2CCC1(C)C(C1(OC3(C4CC5CCC4(C)C5(C)C)CCCC3)CCCC1)C2. The van der Waals surface area contributed by atoms with Crippen LogP contribution in [-0.2, 0) is 4.74 Å². The van der Waals surface area contributed by atoms with Crippen LogP contribution in [0.5, 0.6) is 0 Å². The zero-order valence-corrected chi connectivity index (χ0v) is 21.6. The van der Waals surface area contributed by atoms with Crippen LogP contribution >= 0.6 is 0 Å². The molecule has 0 amide bonds. The first kappa shape index (κ1) is 21.5. The van der Waals surface area contributed by atoms with E-state index in [0.717, 1.165) is 23.7 Å². The highest BCUT2D eigenvalue weighted by Gasteiger charge is 2.70. The van der Waals surface area contributed by atoms with Gasteiger partial charge in [0.25, 0.3) is 0 Å². The van der Waals surface area contributed by atoms with Crippen molar-refractivity contribution in [1.29, 1.82) is 0 Å². The fourth-order valence-electron chi connectivity index (χ4n) is 11.4. The highest BCUT2D eigenvalue weighted by atomic mass is 16.5. The van der Waals surface area contributed by atoms with Crippen LogP contribution in [0.1, 0.15) is 131 Å². The Balaban J connectivity index is 1.38. The molecule has 6 fully saturated rings. The van der Waals surface area contributed by atoms with Gasteiger partial charge < -0.3 is 4.74 Å². The average Bonchev–Trinajstić information content (AvgIpc) is 3.51. The zero-order chi connectivity index (χ0) is 21.9. The molecule has 0 aromatic rings. The molecule has 6 atom stereocenters. The molecule has 0 aliphatic heterocycles. The molecule has 6 aliphatic carbocycles. The number of ether oxygens (including phenoxy) is 1. The second-order valence-corrected chi connectivity index (χ2v) is 15.0. The van der Waals surface area contributed by atoms with Gasteiger partial charge >= 0.3 is 0 Å². The molecule has 6 saturated carbocycles. The molecule has 0 aromatic heterocycles. The van der Waals surface area contributed by atoms with E-state index in [0.29, 0.717) is 21.7 Å². The number of fused-ring (bicyclic) bond motifs is 4. The highest BCUT2D eigenvalue weighted by Crippen LogP contribution is 2.75. The smallest absolute Gasteiger partial charge is 0.0723 e. The van der Waals surface area contributed by atoms with Crippen molar-refractivity contribution in [3.63, 3.8) is 0 Å². The molecule has 176 valence electrons. The maximum atomic E-state index is 7.94. The molecular weight excluding hydrogens is 376 g/mol. The Morgan fingerprint density at radius 3 is 1.13 bits per heavy atom. The van der Waals surface area contributed by atoms with E-state index in [1.54, 1.807) is 0 Å². The predicted octanol–water partition coefficient (Wildman–Crippen LogP) is 8.55. The lowest BCUT2D eigenvalue weighted by Gasteiger charge is -2.55. The van der Waals surface area contributed by atoms with Gasteiger partial charge in [0.05, 0.1) is 11.2 Å². The van der Waals surface area contributed by atoms with Crippen molar-refractivity contribution < 1.29 is 4.74 Å². The van der Waals surface area contributed by atoms with E-state index in [-0.39, 0.29) is 11.2 Å². The van der Waals surface area contributed by atoms with Crippen molar-refractivity contribution in [1.82, 2.24) is 0 Å². The first-order valence-electron chi connectivity index (χ1n) is 14.2. The fourth-order valence-corrected chi connectivity index (χ4v) is 11.4. The van der Waals surface area contributed by atoms with Crippen molar-refractivity contribution in [3.05, 3.63) is 0 Å². The summed E-state index contributed by atoms with van der Waals surface area (Å²) in [5, 5.41) is 0. The second-order valence-electron chi connectivity index (χ2n) is 15.0. The molecular formula is C30H50O. The summed E-state index contributed by atoms with van der Waals surface area (Å²) in [6.45, 7) is 15.8. The van der Waals surface area contributed by atoms with Gasteiger partial charge in [-0.15, -0.1) is 0 Å². The minimum atomic E-state index is 0.188. The minimum Gasteiger partial charge on any atom is -0.368 e. The predicted molar refractivity (Wildman–Crippen MR) is 129 cm³/mol. The maximum Gasteiger partial charge on any atom is 0.0723 e. The van der Waals surface area contributed by atoms with Crippen molar-refractivity contribution >= 4 is 0 Å². The summed E-state index contributed by atoms with van der Waals surface area (Å²) in [6.07, 6.45) is 19.8. The minimum absolute atomic E-state index is 0.188. The molecule has 6 aliphatic rings. The third-order valence-corrected chi connectivity index (χ3v) is 14.2. The molecule has 0 aromatic carbocycles. The van der Waals surface area contributed by atoms with Crippen LogP contribution in [0.25, 0.3) is 0 Å². The lowest BCUT2D eigenvalue weighted by atomic mass is 9.59. The van der Waals surface area contributed by atoms with Crippen LogP contribution in [0.2, 0.25) is 0 Å². The Hall–Kier alpha value is -0.0400. The summed E-state index contributed by atoms with van der Waals surface area (Å²) in [5.41, 5.74) is 2.35. The van der Waals surface area contributed by atoms with Crippen molar-refractivity contribution in [3.8, 4) is 0 Å². The first-order chi connectivity index (χ1) is 14.5. The summed E-state index contributed by atoms with van der Waals surface area (Å²) in [6, 6.07) is 0. The van der Waals surface area contributed by atoms with Crippen LogP contribution in [0.15, 0.2) is 0 Å². The van der Waals surface area contributed by atoms with E-state index >= 15 is 0 Å². The van der Waals surface area contributed by atoms with E-state index in [2.05, 4.69) is 41.5 Å². The lowest BCUT2D eigenvalue weighted by molar-refractivity contribution is -0.233. The van der Waals surface area contributed by atoms with E-state index in [9.17, 15) is 0 Å². The van der Waals surface area contributed by atoms with Gasteiger partial charge in [-0.05, 0) is 110 Å². The summed E-state index contributed by atoms with van der Waals surface area (Å²) < 4.78 is 7.94. The number of hydrogen-bond acceptors (Lipinski definition) is 1. The van der Waals surface area contributed by atoms with Gasteiger partial charge in [-0.3, -0.25) is 0 Å². The van der Waals surface area contributed by atoms with E-state index in [1.165, 1.54) is 89.9 Å². The topological polar surface area (TPSA) is 9.23 Å². The number of rotatable bonds is 4. The van der Waals surface area contributed by atoms with Crippen molar-refractivity contribution in [2.45, 2.75) is 143 Å². The maximum absolute atomic E-state index is 7.94. The second kappa shape index (κ2) is 6.34. The van der Waals surface area contributed by atoms with Gasteiger partial charge in [-0.25, -0.2) is 0 Å². The molecule has 6 unspecified atom stereocenters. The van der Waals surface area contributed by atoms with E-state index in [4.69, 9.17) is 4.74 Å². The Morgan fingerprint density at radius 2 is 0.871 bits per heavy atom. The molecule has 0 N–H and O–H groups in total. The van der Waals surface area contributed by atoms with Crippen molar-refractivity contribution in [2.24, 2.45) is 45.3 Å². The first-order valence-corrected chi connectivity index (χ1v) is 14.2. The Kier molecular flexibility index (Phi) is 4.39. The highest BCUT2D eigenvalue weighted by molar-refractivity contribution is 5.19. The summed E-state index contributed by atoms with van der Waals surface area (Å²) in [5.74, 6) is 3.46. The molecule has 4 bridgehead atoms. The third-order valence-electron chi connectivity index (χ3n) is 14.2. The third kappa shape index (κ3) is 2.44. The summed E-state index contributed by atoms with van der Waals surface area (Å²) in [7, 11) is 0. The molecule has 0 heterocycles. The number of hydrogen-bond donors (Lipinski definition) is 0. The molecule has 0 spiro atoms. The van der Waals surface area contributed by atoms with Crippen LogP contribution in [0.4, 0.5) is 0 Å². The Labute approximate surface area is 192 Å². The quantitative estimate of drug-likeness (QED) is 0.437. The summed E-state index contributed by atoms with van der Waals surface area (Å²) >= 11 is 0. The molecule has 6 rings (SSSR count). The zero-order valence-electron chi connectivity index (χ0n) is 21.6. The molecule has 1 heteroatoms. The average molecular weight is 427 g/mol. The van der Waals surface area contributed by atoms with Gasteiger partial charge in [-0.2, -0.15) is 0 Å². The largest absolute Gasteiger partial charge is 0.368 e. The van der Waals surface area contributed by atoms with Gasteiger partial charge in [0, 0.05) is 0 Å². The van der Waals surface area contributed by atoms with Gasteiger partial charge in [0.1, 0.15) is 0 Å². The van der Waals surface area contributed by atoms with E-state index in [1.807, 2.05) is 0 Å². The van der Waals surface area contributed by atoms with Crippen LogP contribution in [0.3, 0.4) is 0 Å². The van der Waals surface area contributed by atoms with Gasteiger partial charge in [0.2, 0.25) is 0 Å².